The standard InChI is InChI=1S/C13H23BN2O3.C7H15BO3.C7H11BrN2O.C4H4BrN.C4H5N.C3H7.C3H6.BHNS.2ClH.Li.Mg/c1-7-17-10(2)16-9-11(8-15-16)14-18-12(3,4)13(5,6)19-14;1-6(2)7(3,4)11-8(9-5)10-6;1-3-11-6(2)10-5-7(8)4-9-10;5-4-1-2-6-3-4;1-2-4-5-3-1;2*1-3-2;1-2-3;;;;/h8-10H,7H2,1-6H3;1-5H3;4-6H,3H2,1-2H3;1,3H,2H2;1-3H,4H2;3H,1-2H3;3H,1H2,2H3;3H;2*1H;;/q;;;;;-1;;;;;+1;+2/p-2. The van der Waals surface area contributed by atoms with Crippen LogP contribution in [0, 0.1) is 6.42 Å². The van der Waals surface area contributed by atoms with Crippen LogP contribution in [0.25, 0.3) is 0 Å². The molecule has 0 bridgehead atoms. The van der Waals surface area contributed by atoms with Gasteiger partial charge in [0.15, 0.2) is 0 Å². The molecule has 4 aliphatic heterocycles. The molecule has 24 heteroatoms. The molecule has 2 atom stereocenters. The molecule has 0 aliphatic carbocycles. The van der Waals surface area contributed by atoms with Crippen LogP contribution in [0.3, 0.4) is 0 Å². The molecule has 2 fully saturated rings. The summed E-state index contributed by atoms with van der Waals surface area (Å²) in [6, 6.07) is 0. The molecule has 2 aromatic rings. The van der Waals surface area contributed by atoms with Crippen LogP contribution in [0.5, 0.6) is 0 Å². The van der Waals surface area contributed by atoms with Gasteiger partial charge in [-0.25, -0.2) is 9.36 Å². The van der Waals surface area contributed by atoms with Gasteiger partial charge in [-0.3, -0.25) is 9.98 Å². The van der Waals surface area contributed by atoms with Crippen LogP contribution < -0.4 is 49.1 Å². The normalized spacial score (nSPS) is 17.3. The number of nitrogens with zero attached hydrogens (tertiary/aromatic N) is 7. The van der Waals surface area contributed by atoms with Crippen molar-refractivity contribution in [1.82, 2.24) is 19.6 Å². The Morgan fingerprint density at radius 1 is 0.877 bits per heavy atom. The van der Waals surface area contributed by atoms with Crippen LogP contribution in [0.4, 0.5) is 0 Å². The van der Waals surface area contributed by atoms with E-state index in [0.717, 1.165) is 27.5 Å². The van der Waals surface area contributed by atoms with Gasteiger partial charge in [-0.2, -0.15) is 24.0 Å². The number of aromatic nitrogens is 4. The number of thiol groups is 1. The van der Waals surface area contributed by atoms with E-state index < -0.39 is 7.32 Å². The smallest absolute Gasteiger partial charge is 1.00 e. The van der Waals surface area contributed by atoms with Gasteiger partial charge >= 0.3 is 81.1 Å². The maximum absolute atomic E-state index is 5.99. The molecular weight excluding hydrogens is 1030 g/mol. The van der Waals surface area contributed by atoms with E-state index in [1.54, 1.807) is 47.4 Å². The van der Waals surface area contributed by atoms with E-state index in [0.29, 0.717) is 13.2 Å². The molecule has 0 spiro atoms. The molecule has 0 N–H and O–H groups in total. The van der Waals surface area contributed by atoms with Crippen molar-refractivity contribution >= 4 is 108 Å². The number of aliphatic imine (C=N–C) groups is 2. The zero-order valence-electron chi connectivity index (χ0n) is 41.9. The summed E-state index contributed by atoms with van der Waals surface area (Å²) in [6.45, 7) is 36.3. The van der Waals surface area contributed by atoms with Crippen molar-refractivity contribution in [2.24, 2.45) is 14.3 Å². The summed E-state index contributed by atoms with van der Waals surface area (Å²) in [5, 5.41) is 8.39. The van der Waals surface area contributed by atoms with Crippen molar-refractivity contribution in [3.8, 4) is 0 Å². The van der Waals surface area contributed by atoms with Crippen molar-refractivity contribution in [1.29, 1.82) is 0 Å². The predicted octanol–water partition coefficient (Wildman–Crippen LogP) is 0.373. The van der Waals surface area contributed by atoms with Gasteiger partial charge in [0.1, 0.15) is 12.5 Å². The van der Waals surface area contributed by atoms with Crippen molar-refractivity contribution in [2.45, 2.75) is 139 Å². The third kappa shape index (κ3) is 31.7. The van der Waals surface area contributed by atoms with Gasteiger partial charge in [0.25, 0.3) is 0 Å². The van der Waals surface area contributed by atoms with Crippen molar-refractivity contribution < 1.29 is 76.4 Å². The first-order chi connectivity index (χ1) is 28.5. The Kier molecular flexibility index (Phi) is 49.0. The molecule has 359 valence electrons. The van der Waals surface area contributed by atoms with E-state index >= 15 is 0 Å². The van der Waals surface area contributed by atoms with E-state index in [-0.39, 0.29) is 109 Å². The van der Waals surface area contributed by atoms with Gasteiger partial charge in [0, 0.05) is 61.3 Å². The summed E-state index contributed by atoms with van der Waals surface area (Å²) in [5.41, 5.74) is -0.303. The molecule has 4 aliphatic rings. The molecule has 1 radical (unpaired) electrons. The minimum absolute atomic E-state index is 0. The molecule has 2 unspecified atom stereocenters. The maximum Gasteiger partial charge on any atom is 2.00 e. The summed E-state index contributed by atoms with van der Waals surface area (Å²) in [7, 11) is 5.03. The van der Waals surface area contributed by atoms with E-state index in [1.165, 1.54) is 0 Å². The molecule has 65 heavy (non-hydrogen) atoms. The fourth-order valence-electron chi connectivity index (χ4n) is 4.32. The number of halogens is 4. The van der Waals surface area contributed by atoms with E-state index in [4.69, 9.17) is 32.7 Å². The SMILES string of the molecule is BrC1=CCN=C1.C1=CCN=C1.C=CC.CCOC(C)n1cc(B2OC(C)(C)C(C)(C)O2)cn1.CCOC(C)n1cc(Br)cn1.COB1OC(C)(C)C(C)(C)O1.C[CH-]C.[B]=NS.[Cl-].[Cl-].[Li+].[Mg+2]. The second kappa shape index (κ2) is 41.7. The third-order valence-electron chi connectivity index (χ3n) is 8.85. The predicted molar refractivity (Wildman–Crippen MR) is 271 cm³/mol. The van der Waals surface area contributed by atoms with Gasteiger partial charge in [-0.15, -0.1) is 6.58 Å². The molecular formula is C41H72B3Br2Cl2LiMgN7O7S. The second-order valence-corrected chi connectivity index (χ2v) is 17.1. The van der Waals surface area contributed by atoms with E-state index in [1.807, 2.05) is 141 Å². The molecule has 6 rings (SSSR count). The monoisotopic (exact) mass is 1100 g/mol. The molecule has 2 aromatic heterocycles. The Morgan fingerprint density at radius 2 is 1.29 bits per heavy atom. The van der Waals surface area contributed by atoms with Crippen molar-refractivity contribution in [2.75, 3.05) is 33.4 Å². The Bertz CT molecular complexity index is 1590. The average Bonchev–Trinajstić information content (AvgIpc) is 4.04. The van der Waals surface area contributed by atoms with Gasteiger partial charge in [0.05, 0.1) is 46.2 Å². The summed E-state index contributed by atoms with van der Waals surface area (Å²) in [5.74, 6) is 0. The van der Waals surface area contributed by atoms with E-state index in [2.05, 4.69) is 83.4 Å². The summed E-state index contributed by atoms with van der Waals surface area (Å²) < 4.78 is 47.0. The zero-order chi connectivity index (χ0) is 47.3. The Balaban J connectivity index is -0.000000166. The first-order valence-electron chi connectivity index (χ1n) is 20.1. The maximum atomic E-state index is 5.99. The van der Waals surface area contributed by atoms with Crippen LogP contribution in [0.2, 0.25) is 0 Å². The molecule has 0 amide bonds. The third-order valence-corrected chi connectivity index (χ3v) is 9.78. The minimum atomic E-state index is -0.514. The zero-order valence-corrected chi connectivity index (χ0v) is 48.9. The topological polar surface area (TPSA) is 137 Å². The summed E-state index contributed by atoms with van der Waals surface area (Å²) >= 11 is 9.75. The van der Waals surface area contributed by atoms with Crippen molar-refractivity contribution in [3.63, 3.8) is 0 Å². The molecule has 6 heterocycles. The first-order valence-corrected chi connectivity index (χ1v) is 22.1. The van der Waals surface area contributed by atoms with Gasteiger partial charge in [-0.1, -0.05) is 12.2 Å². The van der Waals surface area contributed by atoms with Crippen molar-refractivity contribution in [3.05, 3.63) is 71.0 Å². The van der Waals surface area contributed by atoms with Gasteiger partial charge in [-0.05, 0) is 134 Å². The fourth-order valence-corrected chi connectivity index (χ4v) is 4.91. The van der Waals surface area contributed by atoms with Gasteiger partial charge in [0.2, 0.25) is 0 Å². The fraction of sp³-hybridized carbons (Fsp3) is 0.634. The molecule has 0 saturated carbocycles. The summed E-state index contributed by atoms with van der Waals surface area (Å²) in [4.78, 5) is 7.75. The number of hydrogen-bond donors (Lipinski definition) is 1. The number of ether oxygens (including phenoxy) is 2. The number of hydrogen-bond acceptors (Lipinski definition) is 13. The Morgan fingerprint density at radius 3 is 1.55 bits per heavy atom. The largest absolute Gasteiger partial charge is 2.00 e. The van der Waals surface area contributed by atoms with Gasteiger partial charge < -0.3 is 64.0 Å². The second-order valence-electron chi connectivity index (χ2n) is 15.0. The molecule has 2 saturated heterocycles. The van der Waals surface area contributed by atoms with Crippen LogP contribution in [0.1, 0.15) is 116 Å². The Labute approximate surface area is 457 Å². The average molecular weight is 1100 g/mol. The molecule has 0 aromatic carbocycles. The number of rotatable bonds is 8. The molecule has 14 nitrogen and oxygen atoms in total. The van der Waals surface area contributed by atoms with Crippen LogP contribution >= 0.6 is 44.7 Å². The number of allylic oxidation sites excluding steroid dienone is 3. The van der Waals surface area contributed by atoms with Crippen LogP contribution in [-0.4, -0.2) is 133 Å². The Hall–Kier alpha value is -0.0516. The van der Waals surface area contributed by atoms with E-state index in [9.17, 15) is 0 Å². The first kappa shape index (κ1) is 76.4. The minimum Gasteiger partial charge on any atom is -1.00 e. The van der Waals surface area contributed by atoms with Crippen LogP contribution in [-0.2, 0) is 32.7 Å². The quantitative estimate of drug-likeness (QED) is 0.172. The van der Waals surface area contributed by atoms with Crippen LogP contribution in [0.15, 0.2) is 78.9 Å². The summed E-state index contributed by atoms with van der Waals surface area (Å²) in [6.07, 6.45) is 20.6.